The highest BCUT2D eigenvalue weighted by molar-refractivity contribution is 5.75. The van der Waals surface area contributed by atoms with Crippen LogP contribution in [0.5, 0.6) is 0 Å². The van der Waals surface area contributed by atoms with Gasteiger partial charge in [0.05, 0.1) is 0 Å². The van der Waals surface area contributed by atoms with Crippen molar-refractivity contribution in [2.75, 3.05) is 0 Å². The predicted octanol–water partition coefficient (Wildman–Crippen LogP) is 5.12. The largest absolute Gasteiger partial charge is 0.458 e. The number of aliphatic hydroxyl groups is 1. The van der Waals surface area contributed by atoms with Gasteiger partial charge in [-0.15, -0.1) is 0 Å². The van der Waals surface area contributed by atoms with Crippen molar-refractivity contribution in [1.29, 1.82) is 0 Å². The Kier molecular flexibility index (Phi) is 8.42. The van der Waals surface area contributed by atoms with Gasteiger partial charge in [0, 0.05) is 18.6 Å². The maximum Gasteiger partial charge on any atom is 0.337 e. The molecule has 0 bridgehead atoms. The Balaban J connectivity index is 2.37. The van der Waals surface area contributed by atoms with Crippen LogP contribution in [0.4, 0.5) is 0 Å². The summed E-state index contributed by atoms with van der Waals surface area (Å²) in [5.41, 5.74) is 1.66. The van der Waals surface area contributed by atoms with Crippen LogP contribution in [0.3, 0.4) is 0 Å². The van der Waals surface area contributed by atoms with Gasteiger partial charge in [-0.3, -0.25) is 4.90 Å². The molecule has 0 fully saturated rings. The first-order valence-electron chi connectivity index (χ1n) is 10.5. The molecular formula is C25H35NO3. The Morgan fingerprint density at radius 1 is 1.03 bits per heavy atom. The van der Waals surface area contributed by atoms with Gasteiger partial charge in [-0.2, -0.15) is 0 Å². The second-order valence-electron chi connectivity index (χ2n) is 8.58. The van der Waals surface area contributed by atoms with E-state index in [1.54, 1.807) is 0 Å². The zero-order valence-electron chi connectivity index (χ0n) is 18.3. The first-order valence-corrected chi connectivity index (χ1v) is 10.5. The predicted molar refractivity (Wildman–Crippen MR) is 117 cm³/mol. The van der Waals surface area contributed by atoms with Crippen molar-refractivity contribution < 1.29 is 14.6 Å². The summed E-state index contributed by atoms with van der Waals surface area (Å²) >= 11 is 0. The molecule has 0 spiro atoms. The summed E-state index contributed by atoms with van der Waals surface area (Å²) in [5, 5.41) is 11.0. The number of carbonyl (C=O) groups is 1. The lowest BCUT2D eigenvalue weighted by Gasteiger charge is -2.39. The van der Waals surface area contributed by atoms with Crippen LogP contribution in [0.1, 0.15) is 64.6 Å². The van der Waals surface area contributed by atoms with Crippen molar-refractivity contribution in [2.24, 2.45) is 0 Å². The van der Waals surface area contributed by atoms with E-state index in [-0.39, 0.29) is 12.1 Å². The molecule has 0 aliphatic rings. The average Bonchev–Trinajstić information content (AvgIpc) is 2.69. The number of aliphatic hydroxyl groups excluding tert-OH is 1. The van der Waals surface area contributed by atoms with Crippen molar-refractivity contribution in [3.05, 3.63) is 71.8 Å². The highest BCUT2D eigenvalue weighted by atomic mass is 16.6. The van der Waals surface area contributed by atoms with Crippen molar-refractivity contribution in [1.82, 2.24) is 4.90 Å². The van der Waals surface area contributed by atoms with Crippen molar-refractivity contribution in [2.45, 2.75) is 77.8 Å². The first-order chi connectivity index (χ1) is 13.7. The topological polar surface area (TPSA) is 49.8 Å². The molecule has 2 rings (SSSR count). The molecule has 158 valence electrons. The fourth-order valence-corrected chi connectivity index (χ4v) is 3.58. The molecule has 0 radical (unpaired) electrons. The molecule has 4 heteroatoms. The Labute approximate surface area is 175 Å². The minimum Gasteiger partial charge on any atom is -0.458 e. The van der Waals surface area contributed by atoms with Gasteiger partial charge in [0.25, 0.3) is 0 Å². The lowest BCUT2D eigenvalue weighted by Crippen LogP contribution is -2.49. The van der Waals surface area contributed by atoms with Gasteiger partial charge in [-0.25, -0.2) is 4.79 Å². The standard InChI is InChI=1S/C25H35NO3/c1-6-13-22(23(27)24(28)29-25(3,4)5)26(18-20-14-9-7-10-15-20)19(2)21-16-11-8-12-17-21/h7-12,14-17,19,22-23,27H,6,13,18H2,1-5H3/t19-,22-,23-/m0/s1. The van der Waals surface area contributed by atoms with Gasteiger partial charge in [-0.05, 0) is 45.2 Å². The maximum absolute atomic E-state index is 12.7. The molecule has 0 aromatic heterocycles. The number of nitrogens with zero attached hydrogens (tertiary/aromatic N) is 1. The molecule has 2 aromatic rings. The molecule has 2 aromatic carbocycles. The number of rotatable bonds is 9. The normalized spacial score (nSPS) is 15.0. The zero-order chi connectivity index (χ0) is 21.4. The van der Waals surface area contributed by atoms with Crippen molar-refractivity contribution in [3.8, 4) is 0 Å². The Hall–Kier alpha value is -2.17. The van der Waals surface area contributed by atoms with Gasteiger partial charge < -0.3 is 9.84 Å². The number of hydrogen-bond donors (Lipinski definition) is 1. The number of benzene rings is 2. The Bertz CT molecular complexity index is 740. The van der Waals surface area contributed by atoms with Gasteiger partial charge in [0.1, 0.15) is 5.60 Å². The molecular weight excluding hydrogens is 362 g/mol. The zero-order valence-corrected chi connectivity index (χ0v) is 18.3. The third-order valence-electron chi connectivity index (χ3n) is 5.01. The fourth-order valence-electron chi connectivity index (χ4n) is 3.58. The van der Waals surface area contributed by atoms with Crippen LogP contribution in [0.25, 0.3) is 0 Å². The number of ether oxygens (including phenoxy) is 1. The summed E-state index contributed by atoms with van der Waals surface area (Å²) in [6.45, 7) is 10.3. The smallest absolute Gasteiger partial charge is 0.337 e. The summed E-state index contributed by atoms with van der Waals surface area (Å²) in [6.07, 6.45) is 0.353. The quantitative estimate of drug-likeness (QED) is 0.597. The van der Waals surface area contributed by atoms with Crippen LogP contribution in [-0.4, -0.2) is 33.7 Å². The van der Waals surface area contributed by atoms with E-state index >= 15 is 0 Å². The number of hydrogen-bond acceptors (Lipinski definition) is 4. The fraction of sp³-hybridized carbons (Fsp3) is 0.480. The van der Waals surface area contributed by atoms with Crippen LogP contribution in [0.15, 0.2) is 60.7 Å². The Morgan fingerprint density at radius 3 is 2.10 bits per heavy atom. The van der Waals surface area contributed by atoms with Gasteiger partial charge in [0.15, 0.2) is 6.10 Å². The van der Waals surface area contributed by atoms with E-state index in [1.165, 1.54) is 0 Å². The van der Waals surface area contributed by atoms with E-state index in [2.05, 4.69) is 43.0 Å². The van der Waals surface area contributed by atoms with Gasteiger partial charge in [0.2, 0.25) is 0 Å². The van der Waals surface area contributed by atoms with Crippen LogP contribution in [0.2, 0.25) is 0 Å². The molecule has 0 amide bonds. The molecule has 0 saturated heterocycles. The van der Waals surface area contributed by atoms with E-state index in [0.717, 1.165) is 17.5 Å². The highest BCUT2D eigenvalue weighted by Crippen LogP contribution is 2.29. The lowest BCUT2D eigenvalue weighted by molar-refractivity contribution is -0.170. The van der Waals surface area contributed by atoms with E-state index < -0.39 is 17.7 Å². The lowest BCUT2D eigenvalue weighted by atomic mass is 9.97. The molecule has 0 saturated carbocycles. The summed E-state index contributed by atoms with van der Waals surface area (Å²) in [5.74, 6) is -0.561. The molecule has 1 N–H and O–H groups in total. The van der Waals surface area contributed by atoms with Crippen LogP contribution >= 0.6 is 0 Å². The molecule has 0 heterocycles. The third-order valence-corrected chi connectivity index (χ3v) is 5.01. The Morgan fingerprint density at radius 2 is 1.59 bits per heavy atom. The average molecular weight is 398 g/mol. The van der Waals surface area contributed by atoms with Crippen LogP contribution < -0.4 is 0 Å². The second kappa shape index (κ2) is 10.6. The monoisotopic (exact) mass is 397 g/mol. The van der Waals surface area contributed by atoms with Crippen LogP contribution in [0, 0.1) is 0 Å². The summed E-state index contributed by atoms with van der Waals surface area (Å²) in [6, 6.07) is 20.1. The minimum absolute atomic E-state index is 0.0324. The highest BCUT2D eigenvalue weighted by Gasteiger charge is 2.36. The molecule has 0 aliphatic carbocycles. The molecule has 0 aliphatic heterocycles. The molecule has 29 heavy (non-hydrogen) atoms. The van der Waals surface area contributed by atoms with Gasteiger partial charge >= 0.3 is 5.97 Å². The van der Waals surface area contributed by atoms with Crippen LogP contribution in [-0.2, 0) is 16.1 Å². The van der Waals surface area contributed by atoms with Gasteiger partial charge in [-0.1, -0.05) is 74.0 Å². The SMILES string of the molecule is CCC[C@@H]([C@H](O)C(=O)OC(C)(C)C)N(Cc1ccccc1)[C@@H](C)c1ccccc1. The maximum atomic E-state index is 12.7. The first kappa shape index (κ1) is 23.1. The van der Waals surface area contributed by atoms with Crippen molar-refractivity contribution >= 4 is 5.97 Å². The summed E-state index contributed by atoms with van der Waals surface area (Å²) in [4.78, 5) is 14.9. The summed E-state index contributed by atoms with van der Waals surface area (Å²) in [7, 11) is 0. The number of carbonyl (C=O) groups excluding carboxylic acids is 1. The molecule has 4 nitrogen and oxygen atoms in total. The van der Waals surface area contributed by atoms with E-state index in [0.29, 0.717) is 13.0 Å². The minimum atomic E-state index is -1.20. The van der Waals surface area contributed by atoms with E-state index in [9.17, 15) is 9.90 Å². The van der Waals surface area contributed by atoms with E-state index in [1.807, 2.05) is 57.2 Å². The molecule has 3 atom stereocenters. The number of esters is 1. The third kappa shape index (κ3) is 6.98. The van der Waals surface area contributed by atoms with Crippen molar-refractivity contribution in [3.63, 3.8) is 0 Å². The second-order valence-corrected chi connectivity index (χ2v) is 8.58. The van der Waals surface area contributed by atoms with E-state index in [4.69, 9.17) is 4.74 Å². The molecule has 0 unspecified atom stereocenters. The summed E-state index contributed by atoms with van der Waals surface area (Å²) < 4.78 is 5.50.